The molecular formula is C10H14BFO4. The monoisotopic (exact) mass is 228 g/mol. The van der Waals surface area contributed by atoms with Crippen molar-refractivity contribution in [3.8, 4) is 11.5 Å². The van der Waals surface area contributed by atoms with Gasteiger partial charge in [-0.1, -0.05) is 0 Å². The van der Waals surface area contributed by atoms with Crippen LogP contribution in [0.2, 0.25) is 0 Å². The van der Waals surface area contributed by atoms with Crippen LogP contribution in [0.5, 0.6) is 11.5 Å². The zero-order valence-electron chi connectivity index (χ0n) is 9.24. The van der Waals surface area contributed by atoms with Gasteiger partial charge in [0.2, 0.25) is 0 Å². The summed E-state index contributed by atoms with van der Waals surface area (Å²) in [7, 11) is -1.73. The fourth-order valence-electron chi connectivity index (χ4n) is 1.28. The van der Waals surface area contributed by atoms with Gasteiger partial charge in [0, 0.05) is 0 Å². The van der Waals surface area contributed by atoms with Crippen molar-refractivity contribution in [3.63, 3.8) is 0 Å². The van der Waals surface area contributed by atoms with Crippen molar-refractivity contribution in [3.05, 3.63) is 17.9 Å². The van der Waals surface area contributed by atoms with E-state index in [4.69, 9.17) is 19.5 Å². The summed E-state index contributed by atoms with van der Waals surface area (Å²) in [5.74, 6) is -0.503. The molecular weight excluding hydrogens is 214 g/mol. The quantitative estimate of drug-likeness (QED) is 0.711. The number of halogens is 1. The summed E-state index contributed by atoms with van der Waals surface area (Å²) < 4.78 is 23.8. The molecule has 6 heteroatoms. The van der Waals surface area contributed by atoms with Crippen LogP contribution in [0.3, 0.4) is 0 Å². The van der Waals surface area contributed by atoms with Crippen LogP contribution in [0.1, 0.15) is 13.8 Å². The maximum Gasteiger partial charge on any atom is 0.488 e. The summed E-state index contributed by atoms with van der Waals surface area (Å²) in [6.07, 6.45) is 0. The lowest BCUT2D eigenvalue weighted by Crippen LogP contribution is -2.30. The molecule has 0 heterocycles. The average molecular weight is 228 g/mol. The van der Waals surface area contributed by atoms with Crippen LogP contribution in [-0.4, -0.2) is 30.4 Å². The third kappa shape index (κ3) is 2.87. The normalized spacial score (nSPS) is 10.1. The van der Waals surface area contributed by atoms with E-state index in [2.05, 4.69) is 0 Å². The van der Waals surface area contributed by atoms with Crippen LogP contribution in [-0.2, 0) is 0 Å². The van der Waals surface area contributed by atoms with Gasteiger partial charge in [-0.15, -0.1) is 0 Å². The average Bonchev–Trinajstić information content (AvgIpc) is 2.23. The van der Waals surface area contributed by atoms with Gasteiger partial charge in [-0.2, -0.15) is 0 Å². The summed E-state index contributed by atoms with van der Waals surface area (Å²) in [6.45, 7) is 4.11. The van der Waals surface area contributed by atoms with Gasteiger partial charge in [-0.3, -0.25) is 0 Å². The highest BCUT2D eigenvalue weighted by Crippen LogP contribution is 2.29. The Balaban J connectivity index is 3.16. The minimum atomic E-state index is -1.73. The van der Waals surface area contributed by atoms with Crippen molar-refractivity contribution >= 4 is 12.6 Å². The highest BCUT2D eigenvalue weighted by Gasteiger charge is 2.19. The molecule has 1 aromatic rings. The first kappa shape index (κ1) is 12.8. The second kappa shape index (κ2) is 5.72. The summed E-state index contributed by atoms with van der Waals surface area (Å²) in [5.41, 5.74) is 0.0319. The minimum Gasteiger partial charge on any atom is -0.490 e. The first-order chi connectivity index (χ1) is 7.60. The van der Waals surface area contributed by atoms with Crippen molar-refractivity contribution in [2.24, 2.45) is 0 Å². The van der Waals surface area contributed by atoms with Gasteiger partial charge in [0.15, 0.2) is 17.3 Å². The number of hydrogen-bond donors (Lipinski definition) is 2. The third-order valence-electron chi connectivity index (χ3n) is 1.92. The molecule has 0 aliphatic rings. The van der Waals surface area contributed by atoms with E-state index < -0.39 is 12.9 Å². The van der Waals surface area contributed by atoms with E-state index in [9.17, 15) is 4.39 Å². The SMILES string of the molecule is CCOc1cc(B(O)O)cc(F)c1OCC. The molecule has 0 aromatic heterocycles. The van der Waals surface area contributed by atoms with E-state index in [0.29, 0.717) is 13.2 Å². The molecule has 0 fully saturated rings. The first-order valence-corrected chi connectivity index (χ1v) is 5.05. The Labute approximate surface area is 93.8 Å². The Morgan fingerprint density at radius 1 is 1.19 bits per heavy atom. The van der Waals surface area contributed by atoms with Crippen LogP contribution >= 0.6 is 0 Å². The van der Waals surface area contributed by atoms with Gasteiger partial charge in [0.25, 0.3) is 0 Å². The predicted molar refractivity (Wildman–Crippen MR) is 58.6 cm³/mol. The minimum absolute atomic E-state index is 0.00579. The van der Waals surface area contributed by atoms with Crippen LogP contribution in [0.25, 0.3) is 0 Å². The zero-order valence-corrected chi connectivity index (χ0v) is 9.24. The fourth-order valence-corrected chi connectivity index (χ4v) is 1.28. The largest absolute Gasteiger partial charge is 0.490 e. The molecule has 0 bridgehead atoms. The Morgan fingerprint density at radius 3 is 2.31 bits per heavy atom. The Hall–Kier alpha value is -1.27. The first-order valence-electron chi connectivity index (χ1n) is 5.05. The van der Waals surface area contributed by atoms with E-state index in [1.165, 1.54) is 6.07 Å². The molecule has 88 valence electrons. The smallest absolute Gasteiger partial charge is 0.488 e. The Kier molecular flexibility index (Phi) is 4.58. The van der Waals surface area contributed by atoms with Gasteiger partial charge in [0.1, 0.15) is 0 Å². The third-order valence-corrected chi connectivity index (χ3v) is 1.92. The lowest BCUT2D eigenvalue weighted by molar-refractivity contribution is 0.276. The lowest BCUT2D eigenvalue weighted by Gasteiger charge is -2.13. The van der Waals surface area contributed by atoms with Crippen molar-refractivity contribution in [2.75, 3.05) is 13.2 Å². The van der Waals surface area contributed by atoms with Crippen molar-refractivity contribution in [1.82, 2.24) is 0 Å². The van der Waals surface area contributed by atoms with Gasteiger partial charge < -0.3 is 19.5 Å². The van der Waals surface area contributed by atoms with Crippen molar-refractivity contribution in [1.29, 1.82) is 0 Å². The molecule has 16 heavy (non-hydrogen) atoms. The number of benzene rings is 1. The highest BCUT2D eigenvalue weighted by atomic mass is 19.1. The number of hydrogen-bond acceptors (Lipinski definition) is 4. The molecule has 0 aliphatic heterocycles. The van der Waals surface area contributed by atoms with Crippen LogP contribution in [0.4, 0.5) is 4.39 Å². The molecule has 0 saturated carbocycles. The van der Waals surface area contributed by atoms with Crippen molar-refractivity contribution in [2.45, 2.75) is 13.8 Å². The summed E-state index contributed by atoms with van der Waals surface area (Å²) in [6, 6.07) is 2.36. The van der Waals surface area contributed by atoms with Gasteiger partial charge in [-0.25, -0.2) is 4.39 Å². The van der Waals surface area contributed by atoms with Gasteiger partial charge in [0.05, 0.1) is 13.2 Å². The van der Waals surface area contributed by atoms with E-state index in [-0.39, 0.29) is 17.0 Å². The molecule has 0 saturated heterocycles. The molecule has 0 spiro atoms. The molecule has 1 aromatic carbocycles. The van der Waals surface area contributed by atoms with E-state index in [0.717, 1.165) is 6.07 Å². The molecule has 0 aliphatic carbocycles. The van der Waals surface area contributed by atoms with Crippen molar-refractivity contribution < 1.29 is 23.9 Å². The maximum absolute atomic E-state index is 13.6. The molecule has 0 radical (unpaired) electrons. The highest BCUT2D eigenvalue weighted by molar-refractivity contribution is 6.58. The molecule has 0 atom stereocenters. The zero-order chi connectivity index (χ0) is 12.1. The molecule has 4 nitrogen and oxygen atoms in total. The second-order valence-electron chi connectivity index (χ2n) is 3.07. The molecule has 0 unspecified atom stereocenters. The summed E-state index contributed by atoms with van der Waals surface area (Å²) >= 11 is 0. The van der Waals surface area contributed by atoms with Gasteiger partial charge in [-0.05, 0) is 31.4 Å². The Morgan fingerprint density at radius 2 is 1.81 bits per heavy atom. The van der Waals surface area contributed by atoms with Crippen LogP contribution < -0.4 is 14.9 Å². The predicted octanol–water partition coefficient (Wildman–Crippen LogP) is 0.303. The van der Waals surface area contributed by atoms with E-state index >= 15 is 0 Å². The molecule has 2 N–H and O–H groups in total. The van der Waals surface area contributed by atoms with E-state index in [1.54, 1.807) is 13.8 Å². The van der Waals surface area contributed by atoms with Crippen LogP contribution in [0.15, 0.2) is 12.1 Å². The molecule has 0 amide bonds. The second-order valence-corrected chi connectivity index (χ2v) is 3.07. The standard InChI is InChI=1S/C10H14BFO4/c1-3-15-9-6-7(11(13)14)5-8(12)10(9)16-4-2/h5-6,13-14H,3-4H2,1-2H3. The number of ether oxygens (including phenoxy) is 2. The summed E-state index contributed by atoms with van der Waals surface area (Å²) in [4.78, 5) is 0. The Bertz CT molecular complexity index is 357. The lowest BCUT2D eigenvalue weighted by atomic mass is 9.80. The topological polar surface area (TPSA) is 58.9 Å². The van der Waals surface area contributed by atoms with E-state index in [1.807, 2.05) is 0 Å². The fraction of sp³-hybridized carbons (Fsp3) is 0.400. The van der Waals surface area contributed by atoms with Crippen LogP contribution in [0, 0.1) is 5.82 Å². The molecule has 1 rings (SSSR count). The maximum atomic E-state index is 13.6. The number of rotatable bonds is 5. The van der Waals surface area contributed by atoms with Gasteiger partial charge >= 0.3 is 7.12 Å². The summed E-state index contributed by atoms with van der Waals surface area (Å²) in [5, 5.41) is 17.9.